The average Bonchev–Trinajstić information content (AvgIpc) is 3.67. The standard InChI is InChI=1S/C32H34ClFN6O2/c1-41-22-13-32(11-4-12-40(32)17-22)18-42-31-37-29-24(30(38-31)39-15-20-9-10-21(16-39)36-20)14-35-28(27(29)34)23-7-2-5-19-6-3-8-25(33)26(19)23/h2-3,5-8,14,20-22,36H,4,9-13,15-18H2,1H3/t20?,21?,22-,32?/m0/s1. The lowest BCUT2D eigenvalue weighted by Crippen LogP contribution is -2.51. The Kier molecular flexibility index (Phi) is 6.48. The van der Waals surface area contributed by atoms with Gasteiger partial charge < -0.3 is 19.7 Å². The van der Waals surface area contributed by atoms with E-state index in [2.05, 4.69) is 20.1 Å². The minimum Gasteiger partial charge on any atom is -0.461 e. The van der Waals surface area contributed by atoms with Gasteiger partial charge in [0.05, 0.1) is 17.0 Å². The summed E-state index contributed by atoms with van der Waals surface area (Å²) in [7, 11) is 1.78. The fourth-order valence-electron chi connectivity index (χ4n) is 7.80. The Bertz CT molecular complexity index is 1670. The molecular weight excluding hydrogens is 555 g/mol. The second-order valence-corrected chi connectivity index (χ2v) is 12.7. The largest absolute Gasteiger partial charge is 0.461 e. The lowest BCUT2D eigenvalue weighted by molar-refractivity contribution is 0.0997. The van der Waals surface area contributed by atoms with Gasteiger partial charge in [0, 0.05) is 61.0 Å². The molecule has 42 heavy (non-hydrogen) atoms. The molecule has 2 bridgehead atoms. The third kappa shape index (κ3) is 4.32. The van der Waals surface area contributed by atoms with Crippen LogP contribution in [-0.2, 0) is 4.74 Å². The van der Waals surface area contributed by atoms with Gasteiger partial charge in [-0.05, 0) is 50.1 Å². The lowest BCUT2D eigenvalue weighted by Gasteiger charge is -2.34. The van der Waals surface area contributed by atoms with E-state index in [-0.39, 0.29) is 28.9 Å². The number of hydrogen-bond acceptors (Lipinski definition) is 8. The molecule has 4 aliphatic heterocycles. The Morgan fingerprint density at radius 2 is 1.90 bits per heavy atom. The maximum Gasteiger partial charge on any atom is 0.319 e. The number of fused-ring (bicyclic) bond motifs is 5. The van der Waals surface area contributed by atoms with Crippen LogP contribution in [0, 0.1) is 5.82 Å². The Morgan fingerprint density at radius 3 is 2.71 bits per heavy atom. The van der Waals surface area contributed by atoms with Crippen LogP contribution in [0.4, 0.5) is 10.2 Å². The first-order valence-corrected chi connectivity index (χ1v) is 15.3. The first-order valence-electron chi connectivity index (χ1n) is 15.0. The molecular formula is C32H34ClFN6O2. The van der Waals surface area contributed by atoms with Crippen molar-refractivity contribution in [2.45, 2.75) is 55.8 Å². The number of anilines is 1. The van der Waals surface area contributed by atoms with Crippen LogP contribution >= 0.6 is 11.6 Å². The molecule has 6 heterocycles. The molecule has 0 amide bonds. The van der Waals surface area contributed by atoms with Gasteiger partial charge in [0.1, 0.15) is 23.6 Å². The van der Waals surface area contributed by atoms with E-state index in [1.807, 2.05) is 36.4 Å². The van der Waals surface area contributed by atoms with Crippen molar-refractivity contribution in [3.8, 4) is 17.3 Å². The van der Waals surface area contributed by atoms with E-state index in [0.717, 1.165) is 69.1 Å². The van der Waals surface area contributed by atoms with Crippen molar-refractivity contribution >= 4 is 39.1 Å². The number of methoxy groups -OCH3 is 1. The molecule has 0 radical (unpaired) electrons. The average molecular weight is 589 g/mol. The summed E-state index contributed by atoms with van der Waals surface area (Å²) in [5.74, 6) is 0.191. The maximum atomic E-state index is 16.7. The summed E-state index contributed by atoms with van der Waals surface area (Å²) >= 11 is 6.61. The van der Waals surface area contributed by atoms with Crippen molar-refractivity contribution in [3.05, 3.63) is 53.4 Å². The quantitative estimate of drug-likeness (QED) is 0.329. The van der Waals surface area contributed by atoms with Crippen LogP contribution in [0.1, 0.15) is 32.1 Å². The molecule has 8 nitrogen and oxygen atoms in total. The monoisotopic (exact) mass is 588 g/mol. The van der Waals surface area contributed by atoms with Gasteiger partial charge in [0.15, 0.2) is 5.82 Å². The molecule has 4 aliphatic rings. The van der Waals surface area contributed by atoms with E-state index < -0.39 is 5.82 Å². The van der Waals surface area contributed by atoms with Gasteiger partial charge in [0.2, 0.25) is 0 Å². The second kappa shape index (κ2) is 10.3. The Balaban J connectivity index is 1.23. The first kappa shape index (κ1) is 26.5. The Morgan fingerprint density at radius 1 is 1.10 bits per heavy atom. The van der Waals surface area contributed by atoms with Crippen molar-refractivity contribution in [1.29, 1.82) is 0 Å². The number of piperazine rings is 1. The number of aromatic nitrogens is 3. The Hall–Kier alpha value is -3.11. The van der Waals surface area contributed by atoms with Gasteiger partial charge in [-0.25, -0.2) is 4.39 Å². The summed E-state index contributed by atoms with van der Waals surface area (Å²) in [6.07, 6.45) is 7.25. The number of pyridine rings is 1. The van der Waals surface area contributed by atoms with Gasteiger partial charge >= 0.3 is 6.01 Å². The van der Waals surface area contributed by atoms with Gasteiger partial charge in [-0.15, -0.1) is 0 Å². The zero-order valence-electron chi connectivity index (χ0n) is 23.7. The zero-order valence-corrected chi connectivity index (χ0v) is 24.4. The summed E-state index contributed by atoms with van der Waals surface area (Å²) in [6.45, 7) is 4.00. The van der Waals surface area contributed by atoms with Crippen molar-refractivity contribution < 1.29 is 13.9 Å². The highest BCUT2D eigenvalue weighted by atomic mass is 35.5. The predicted molar refractivity (Wildman–Crippen MR) is 162 cm³/mol. The van der Waals surface area contributed by atoms with Crippen molar-refractivity contribution in [1.82, 2.24) is 25.2 Å². The van der Waals surface area contributed by atoms with Gasteiger partial charge in [-0.3, -0.25) is 9.88 Å². The molecule has 1 N–H and O–H groups in total. The fourth-order valence-corrected chi connectivity index (χ4v) is 8.08. The molecule has 0 aliphatic carbocycles. The molecule has 10 heteroatoms. The first-order chi connectivity index (χ1) is 20.5. The number of rotatable bonds is 6. The van der Waals surface area contributed by atoms with Crippen LogP contribution in [0.5, 0.6) is 6.01 Å². The smallest absolute Gasteiger partial charge is 0.319 e. The van der Waals surface area contributed by atoms with E-state index in [4.69, 9.17) is 31.0 Å². The maximum absolute atomic E-state index is 16.7. The summed E-state index contributed by atoms with van der Waals surface area (Å²) in [4.78, 5) is 19.0. The highest BCUT2D eigenvalue weighted by molar-refractivity contribution is 6.36. The van der Waals surface area contributed by atoms with Crippen molar-refractivity contribution in [2.75, 3.05) is 44.8 Å². The minimum absolute atomic E-state index is 0.102. The normalized spacial score (nSPS) is 27.3. The van der Waals surface area contributed by atoms with Crippen LogP contribution in [0.25, 0.3) is 32.9 Å². The zero-order chi connectivity index (χ0) is 28.4. The van der Waals surface area contributed by atoms with E-state index in [1.165, 1.54) is 0 Å². The number of ether oxygens (including phenoxy) is 2. The van der Waals surface area contributed by atoms with E-state index in [1.54, 1.807) is 13.3 Å². The summed E-state index contributed by atoms with van der Waals surface area (Å²) in [6, 6.07) is 12.4. The van der Waals surface area contributed by atoms with Gasteiger partial charge in [0.25, 0.3) is 0 Å². The summed E-state index contributed by atoms with van der Waals surface area (Å²) in [5, 5.41) is 6.52. The Labute approximate surface area is 249 Å². The molecule has 4 atom stereocenters. The molecule has 8 rings (SSSR count). The van der Waals surface area contributed by atoms with E-state index in [0.29, 0.717) is 40.5 Å². The SMILES string of the molecule is CO[C@@H]1CN2CCCC2(COc2nc(N3CC4CCC(C3)N4)c3cnc(-c4cccc5cccc(Cl)c45)c(F)c3n2)C1. The number of benzene rings is 2. The molecule has 3 unspecified atom stereocenters. The fraction of sp³-hybridized carbons (Fsp3) is 0.469. The lowest BCUT2D eigenvalue weighted by atomic mass is 9.94. The highest BCUT2D eigenvalue weighted by Crippen LogP contribution is 2.41. The molecule has 4 fully saturated rings. The van der Waals surface area contributed by atoms with Crippen molar-refractivity contribution in [3.63, 3.8) is 0 Å². The molecule has 4 saturated heterocycles. The minimum atomic E-state index is -0.493. The molecule has 0 spiro atoms. The topological polar surface area (TPSA) is 75.6 Å². The number of nitrogens with zero attached hydrogens (tertiary/aromatic N) is 5. The predicted octanol–water partition coefficient (Wildman–Crippen LogP) is 5.21. The molecule has 0 saturated carbocycles. The number of halogens is 2. The summed E-state index contributed by atoms with van der Waals surface area (Å²) < 4.78 is 28.8. The summed E-state index contributed by atoms with van der Waals surface area (Å²) in [5.41, 5.74) is 0.973. The van der Waals surface area contributed by atoms with Crippen LogP contribution in [0.2, 0.25) is 5.02 Å². The van der Waals surface area contributed by atoms with Crippen molar-refractivity contribution in [2.24, 2.45) is 0 Å². The third-order valence-corrected chi connectivity index (χ3v) is 10.2. The molecule has 2 aromatic carbocycles. The molecule has 2 aromatic heterocycles. The second-order valence-electron chi connectivity index (χ2n) is 12.3. The van der Waals surface area contributed by atoms with E-state index in [9.17, 15) is 0 Å². The molecule has 218 valence electrons. The van der Waals surface area contributed by atoms with Crippen LogP contribution in [-0.4, -0.2) is 83.5 Å². The molecule has 4 aromatic rings. The van der Waals surface area contributed by atoms with Gasteiger partial charge in [-0.1, -0.05) is 41.9 Å². The number of hydrogen-bond donors (Lipinski definition) is 1. The third-order valence-electron chi connectivity index (χ3n) is 9.84. The highest BCUT2D eigenvalue weighted by Gasteiger charge is 2.49. The van der Waals surface area contributed by atoms with Crippen LogP contribution in [0.15, 0.2) is 42.6 Å². The van der Waals surface area contributed by atoms with Crippen LogP contribution in [0.3, 0.4) is 0 Å². The number of nitrogens with one attached hydrogen (secondary N) is 1. The van der Waals surface area contributed by atoms with E-state index >= 15 is 4.39 Å². The van der Waals surface area contributed by atoms with Gasteiger partial charge in [-0.2, -0.15) is 9.97 Å². The van der Waals surface area contributed by atoms with Crippen LogP contribution < -0.4 is 15.0 Å².